The van der Waals surface area contributed by atoms with E-state index in [1.165, 1.54) is 25.0 Å². The molecule has 2 unspecified atom stereocenters. The van der Waals surface area contributed by atoms with Gasteiger partial charge in [-0.05, 0) is 57.5 Å². The van der Waals surface area contributed by atoms with E-state index in [0.717, 1.165) is 25.6 Å². The molecule has 2 atom stereocenters. The smallest absolute Gasteiger partial charge is 0.126 e. The molecule has 0 amide bonds. The highest BCUT2D eigenvalue weighted by molar-refractivity contribution is 5.21. The number of likely N-dealkylation sites (tertiary alicyclic amines) is 1. The first kappa shape index (κ1) is 14.4. The molecule has 0 spiro atoms. The summed E-state index contributed by atoms with van der Waals surface area (Å²) >= 11 is 0. The highest BCUT2D eigenvalue weighted by Gasteiger charge is 2.21. The third kappa shape index (κ3) is 3.74. The minimum absolute atomic E-state index is 0.00185. The predicted molar refractivity (Wildman–Crippen MR) is 73.0 cm³/mol. The largest absolute Gasteiger partial charge is 0.313 e. The first-order chi connectivity index (χ1) is 9.10. The van der Waals surface area contributed by atoms with Crippen LogP contribution in [0.15, 0.2) is 18.2 Å². The molecule has 1 aromatic carbocycles. The molecule has 0 bridgehead atoms. The lowest BCUT2D eigenvalue weighted by molar-refractivity contribution is 0.253. The summed E-state index contributed by atoms with van der Waals surface area (Å²) < 4.78 is 26.5. The average molecular weight is 268 g/mol. The van der Waals surface area contributed by atoms with Crippen molar-refractivity contribution in [1.29, 1.82) is 0 Å². The van der Waals surface area contributed by atoms with Crippen molar-refractivity contribution < 1.29 is 8.78 Å². The molecule has 1 aliphatic rings. The van der Waals surface area contributed by atoms with E-state index in [2.05, 4.69) is 17.1 Å². The highest BCUT2D eigenvalue weighted by atomic mass is 19.1. The van der Waals surface area contributed by atoms with Crippen LogP contribution in [0.3, 0.4) is 0 Å². The first-order valence-corrected chi connectivity index (χ1v) is 6.97. The van der Waals surface area contributed by atoms with Crippen molar-refractivity contribution in [2.24, 2.45) is 0 Å². The summed E-state index contributed by atoms with van der Waals surface area (Å²) in [5, 5.41) is 3.15. The van der Waals surface area contributed by atoms with Crippen molar-refractivity contribution >= 4 is 0 Å². The number of rotatable bonds is 5. The van der Waals surface area contributed by atoms with Gasteiger partial charge in [-0.25, -0.2) is 8.78 Å². The summed E-state index contributed by atoms with van der Waals surface area (Å²) in [5.41, 5.74) is 0.687. The molecular weight excluding hydrogens is 246 g/mol. The van der Waals surface area contributed by atoms with E-state index in [-0.39, 0.29) is 6.04 Å². The molecule has 1 aliphatic heterocycles. The molecule has 1 fully saturated rings. The van der Waals surface area contributed by atoms with Gasteiger partial charge in [0.2, 0.25) is 0 Å². The molecule has 19 heavy (non-hydrogen) atoms. The Morgan fingerprint density at radius 3 is 2.53 bits per heavy atom. The second-order valence-electron chi connectivity index (χ2n) is 5.36. The van der Waals surface area contributed by atoms with Crippen molar-refractivity contribution in [3.05, 3.63) is 35.4 Å². The third-order valence-corrected chi connectivity index (χ3v) is 4.03. The molecule has 1 saturated heterocycles. The van der Waals surface area contributed by atoms with E-state index in [9.17, 15) is 8.78 Å². The molecule has 106 valence electrons. The molecule has 0 aromatic heterocycles. The van der Waals surface area contributed by atoms with Crippen LogP contribution in [0.25, 0.3) is 0 Å². The molecule has 1 N–H and O–H groups in total. The van der Waals surface area contributed by atoms with E-state index < -0.39 is 11.6 Å². The zero-order valence-corrected chi connectivity index (χ0v) is 11.6. The Morgan fingerprint density at radius 1 is 1.32 bits per heavy atom. The maximum absolute atomic E-state index is 13.2. The molecule has 1 aromatic rings. The van der Waals surface area contributed by atoms with Gasteiger partial charge in [0.05, 0.1) is 0 Å². The van der Waals surface area contributed by atoms with Crippen LogP contribution in [0.2, 0.25) is 0 Å². The fourth-order valence-electron chi connectivity index (χ4n) is 2.87. The van der Waals surface area contributed by atoms with Crippen LogP contribution in [0.4, 0.5) is 8.78 Å². The van der Waals surface area contributed by atoms with Gasteiger partial charge in [0.1, 0.15) is 11.6 Å². The molecule has 0 aliphatic carbocycles. The van der Waals surface area contributed by atoms with E-state index in [4.69, 9.17) is 0 Å². The van der Waals surface area contributed by atoms with Crippen LogP contribution in [-0.2, 0) is 0 Å². The van der Waals surface area contributed by atoms with Crippen molar-refractivity contribution in [3.63, 3.8) is 0 Å². The number of benzene rings is 1. The predicted octanol–water partition coefficient (Wildman–Crippen LogP) is 3.10. The van der Waals surface area contributed by atoms with Crippen LogP contribution in [-0.4, -0.2) is 31.1 Å². The van der Waals surface area contributed by atoms with Crippen LogP contribution in [0.1, 0.15) is 37.8 Å². The van der Waals surface area contributed by atoms with E-state index in [1.54, 1.807) is 0 Å². The molecule has 2 rings (SSSR count). The van der Waals surface area contributed by atoms with Gasteiger partial charge in [0, 0.05) is 24.7 Å². The standard InChI is InChI=1S/C15H22F2N2/c1-11-4-3-6-19(11)7-5-15(18-2)12-8-13(16)10-14(17)9-12/h8-11,15,18H,3-7H2,1-2H3. The second kappa shape index (κ2) is 6.44. The minimum Gasteiger partial charge on any atom is -0.313 e. The van der Waals surface area contributed by atoms with Gasteiger partial charge >= 0.3 is 0 Å². The maximum Gasteiger partial charge on any atom is 0.126 e. The molecule has 2 nitrogen and oxygen atoms in total. The average Bonchev–Trinajstić information content (AvgIpc) is 2.75. The Balaban J connectivity index is 1.99. The summed E-state index contributed by atoms with van der Waals surface area (Å²) in [6, 6.07) is 4.37. The SMILES string of the molecule is CNC(CCN1CCCC1C)c1cc(F)cc(F)c1. The number of halogens is 2. The lowest BCUT2D eigenvalue weighted by Crippen LogP contribution is -2.30. The first-order valence-electron chi connectivity index (χ1n) is 6.97. The topological polar surface area (TPSA) is 15.3 Å². The van der Waals surface area contributed by atoms with Crippen LogP contribution < -0.4 is 5.32 Å². The van der Waals surface area contributed by atoms with Gasteiger partial charge < -0.3 is 10.2 Å². The molecule has 1 heterocycles. The summed E-state index contributed by atoms with van der Waals surface area (Å²) in [6.45, 7) is 4.34. The zero-order chi connectivity index (χ0) is 13.8. The molecule has 0 saturated carbocycles. The Morgan fingerprint density at radius 2 is 2.00 bits per heavy atom. The van der Waals surface area contributed by atoms with E-state index >= 15 is 0 Å². The Labute approximate surface area is 113 Å². The second-order valence-corrected chi connectivity index (χ2v) is 5.36. The van der Waals surface area contributed by atoms with Gasteiger partial charge in [0.25, 0.3) is 0 Å². The fraction of sp³-hybridized carbons (Fsp3) is 0.600. The molecule has 0 radical (unpaired) electrons. The zero-order valence-electron chi connectivity index (χ0n) is 11.6. The Kier molecular flexibility index (Phi) is 4.88. The van der Waals surface area contributed by atoms with Crippen molar-refractivity contribution in [2.45, 2.75) is 38.3 Å². The van der Waals surface area contributed by atoms with Gasteiger partial charge in [-0.3, -0.25) is 0 Å². The highest BCUT2D eigenvalue weighted by Crippen LogP contribution is 2.22. The van der Waals surface area contributed by atoms with Gasteiger partial charge in [0.15, 0.2) is 0 Å². The number of hydrogen-bond donors (Lipinski definition) is 1. The monoisotopic (exact) mass is 268 g/mol. The van der Waals surface area contributed by atoms with Crippen LogP contribution in [0, 0.1) is 11.6 Å². The lowest BCUT2D eigenvalue weighted by Gasteiger charge is -2.24. The molecule has 4 heteroatoms. The lowest BCUT2D eigenvalue weighted by atomic mass is 10.0. The van der Waals surface area contributed by atoms with Crippen molar-refractivity contribution in [2.75, 3.05) is 20.1 Å². The number of nitrogens with one attached hydrogen (secondary N) is 1. The van der Waals surface area contributed by atoms with E-state index in [1.807, 2.05) is 7.05 Å². The van der Waals surface area contributed by atoms with Crippen LogP contribution >= 0.6 is 0 Å². The normalized spacial score (nSPS) is 21.8. The van der Waals surface area contributed by atoms with Gasteiger partial charge in [-0.15, -0.1) is 0 Å². The van der Waals surface area contributed by atoms with Crippen molar-refractivity contribution in [1.82, 2.24) is 10.2 Å². The summed E-state index contributed by atoms with van der Waals surface area (Å²) in [7, 11) is 1.83. The minimum atomic E-state index is -0.509. The van der Waals surface area contributed by atoms with Gasteiger partial charge in [-0.2, -0.15) is 0 Å². The maximum atomic E-state index is 13.2. The summed E-state index contributed by atoms with van der Waals surface area (Å²) in [5.74, 6) is -1.02. The number of nitrogens with zero attached hydrogens (tertiary/aromatic N) is 1. The summed E-state index contributed by atoms with van der Waals surface area (Å²) in [6.07, 6.45) is 3.36. The van der Waals surface area contributed by atoms with Crippen molar-refractivity contribution in [3.8, 4) is 0 Å². The van der Waals surface area contributed by atoms with E-state index in [0.29, 0.717) is 11.6 Å². The quantitative estimate of drug-likeness (QED) is 0.882. The fourth-order valence-corrected chi connectivity index (χ4v) is 2.87. The van der Waals surface area contributed by atoms with Crippen LogP contribution in [0.5, 0.6) is 0 Å². The Hall–Kier alpha value is -1.00. The number of hydrogen-bond acceptors (Lipinski definition) is 2. The molecular formula is C15H22F2N2. The third-order valence-electron chi connectivity index (χ3n) is 4.03. The Bertz CT molecular complexity index is 402. The van der Waals surface area contributed by atoms with Gasteiger partial charge in [-0.1, -0.05) is 0 Å². The summed E-state index contributed by atoms with van der Waals surface area (Å²) in [4.78, 5) is 2.44.